The first-order valence-corrected chi connectivity index (χ1v) is 9.28. The molecule has 0 aromatic heterocycles. The van der Waals surface area contributed by atoms with E-state index in [1.807, 2.05) is 0 Å². The molecular formula is C18H25ClFN3O2. The Morgan fingerprint density at radius 1 is 1.44 bits per heavy atom. The highest BCUT2D eigenvalue weighted by atomic mass is 35.5. The van der Waals surface area contributed by atoms with Gasteiger partial charge in [-0.1, -0.05) is 17.7 Å². The highest BCUT2D eigenvalue weighted by Gasteiger charge is 2.28. The number of nitrogens with one attached hydrogen (secondary N) is 2. The zero-order valence-electron chi connectivity index (χ0n) is 14.3. The lowest BCUT2D eigenvalue weighted by Crippen LogP contribution is -2.45. The van der Waals surface area contributed by atoms with Gasteiger partial charge in [-0.3, -0.25) is 9.69 Å². The first-order valence-electron chi connectivity index (χ1n) is 8.91. The predicted molar refractivity (Wildman–Crippen MR) is 95.2 cm³/mol. The summed E-state index contributed by atoms with van der Waals surface area (Å²) in [7, 11) is 0. The number of morpholine rings is 1. The van der Waals surface area contributed by atoms with Crippen LogP contribution in [-0.4, -0.2) is 56.2 Å². The average molecular weight is 370 g/mol. The molecule has 1 aromatic rings. The molecule has 1 aromatic carbocycles. The zero-order valence-corrected chi connectivity index (χ0v) is 15.0. The standard InChI is InChI=1S/C18H25ClFN3O2/c19-14-4-3-5-15(20)18(14)16(23-7-1-2-8-23)11-22-17(24)10-13-12-25-9-6-21-13/h3-5,13,16,21H,1-2,6-12H2,(H,22,24). The second-order valence-electron chi connectivity index (χ2n) is 6.63. The maximum Gasteiger partial charge on any atom is 0.221 e. The summed E-state index contributed by atoms with van der Waals surface area (Å²) in [5, 5.41) is 6.63. The van der Waals surface area contributed by atoms with Crippen LogP contribution in [0.15, 0.2) is 18.2 Å². The molecule has 0 radical (unpaired) electrons. The number of rotatable bonds is 6. The van der Waals surface area contributed by atoms with E-state index < -0.39 is 0 Å². The molecule has 2 unspecified atom stereocenters. The van der Waals surface area contributed by atoms with Gasteiger partial charge < -0.3 is 15.4 Å². The maximum absolute atomic E-state index is 14.4. The Hall–Kier alpha value is -1.21. The van der Waals surface area contributed by atoms with E-state index in [0.29, 0.717) is 36.8 Å². The van der Waals surface area contributed by atoms with Crippen molar-refractivity contribution in [3.8, 4) is 0 Å². The van der Waals surface area contributed by atoms with Crippen LogP contribution in [0.25, 0.3) is 0 Å². The number of carbonyl (C=O) groups excluding carboxylic acids is 1. The van der Waals surface area contributed by atoms with Crippen molar-refractivity contribution < 1.29 is 13.9 Å². The maximum atomic E-state index is 14.4. The summed E-state index contributed by atoms with van der Waals surface area (Å²) in [5.41, 5.74) is 0.477. The van der Waals surface area contributed by atoms with Crippen LogP contribution < -0.4 is 10.6 Å². The third-order valence-corrected chi connectivity index (χ3v) is 5.17. The Bertz CT molecular complexity index is 569. The fourth-order valence-corrected chi connectivity index (χ4v) is 3.84. The summed E-state index contributed by atoms with van der Waals surface area (Å²) in [6.45, 7) is 4.13. The molecule has 2 saturated heterocycles. The van der Waals surface area contributed by atoms with Crippen molar-refractivity contribution in [2.45, 2.75) is 31.3 Å². The van der Waals surface area contributed by atoms with Gasteiger partial charge in [-0.2, -0.15) is 0 Å². The van der Waals surface area contributed by atoms with E-state index in [9.17, 15) is 9.18 Å². The Morgan fingerprint density at radius 2 is 2.24 bits per heavy atom. The number of likely N-dealkylation sites (tertiary alicyclic amines) is 1. The molecule has 2 heterocycles. The molecule has 0 bridgehead atoms. The molecule has 0 aliphatic carbocycles. The van der Waals surface area contributed by atoms with Crippen LogP contribution in [-0.2, 0) is 9.53 Å². The van der Waals surface area contributed by atoms with E-state index in [1.165, 1.54) is 6.07 Å². The summed E-state index contributed by atoms with van der Waals surface area (Å²) >= 11 is 6.27. The Morgan fingerprint density at radius 3 is 2.92 bits per heavy atom. The summed E-state index contributed by atoms with van der Waals surface area (Å²) in [6.07, 6.45) is 2.53. The monoisotopic (exact) mass is 369 g/mol. The number of ether oxygens (including phenoxy) is 1. The Balaban J connectivity index is 1.65. The predicted octanol–water partition coefficient (Wildman–Crippen LogP) is 2.11. The molecule has 7 heteroatoms. The van der Waals surface area contributed by atoms with Gasteiger partial charge in [0.1, 0.15) is 5.82 Å². The van der Waals surface area contributed by atoms with Gasteiger partial charge >= 0.3 is 0 Å². The molecule has 2 fully saturated rings. The van der Waals surface area contributed by atoms with Crippen LogP contribution in [0.1, 0.15) is 30.9 Å². The molecule has 0 saturated carbocycles. The fraction of sp³-hybridized carbons (Fsp3) is 0.611. The number of hydrogen-bond donors (Lipinski definition) is 2. The molecular weight excluding hydrogens is 345 g/mol. The molecule has 1 amide bonds. The number of amides is 1. The quantitative estimate of drug-likeness (QED) is 0.806. The SMILES string of the molecule is O=C(CC1COCCN1)NCC(c1c(F)cccc1Cl)N1CCCC1. The number of nitrogens with zero attached hydrogens (tertiary/aromatic N) is 1. The summed E-state index contributed by atoms with van der Waals surface area (Å²) in [6, 6.07) is 4.53. The lowest BCUT2D eigenvalue weighted by Gasteiger charge is -2.29. The van der Waals surface area contributed by atoms with Crippen LogP contribution >= 0.6 is 11.6 Å². The van der Waals surface area contributed by atoms with Crippen molar-refractivity contribution in [2.75, 3.05) is 39.4 Å². The van der Waals surface area contributed by atoms with Crippen molar-refractivity contribution in [3.63, 3.8) is 0 Å². The lowest BCUT2D eigenvalue weighted by atomic mass is 10.0. The first-order chi connectivity index (χ1) is 12.1. The van der Waals surface area contributed by atoms with Gasteiger partial charge in [-0.05, 0) is 38.1 Å². The largest absolute Gasteiger partial charge is 0.378 e. The third-order valence-electron chi connectivity index (χ3n) is 4.84. The molecule has 5 nitrogen and oxygen atoms in total. The Labute approximate surface area is 152 Å². The van der Waals surface area contributed by atoms with Gasteiger partial charge in [-0.25, -0.2) is 4.39 Å². The van der Waals surface area contributed by atoms with Gasteiger partial charge in [0.15, 0.2) is 0 Å². The molecule has 2 atom stereocenters. The average Bonchev–Trinajstić information content (AvgIpc) is 3.12. The van der Waals surface area contributed by atoms with Crippen LogP contribution in [0.5, 0.6) is 0 Å². The summed E-state index contributed by atoms with van der Waals surface area (Å²) in [4.78, 5) is 14.5. The number of halogens is 2. The van der Waals surface area contributed by atoms with E-state index in [1.54, 1.807) is 12.1 Å². The zero-order chi connectivity index (χ0) is 17.6. The van der Waals surface area contributed by atoms with Crippen molar-refractivity contribution in [1.29, 1.82) is 0 Å². The van der Waals surface area contributed by atoms with Gasteiger partial charge in [0.2, 0.25) is 5.91 Å². The van der Waals surface area contributed by atoms with Crippen molar-refractivity contribution >= 4 is 17.5 Å². The second kappa shape index (κ2) is 8.94. The van der Waals surface area contributed by atoms with E-state index in [-0.39, 0.29) is 23.8 Å². The molecule has 2 aliphatic heterocycles. The number of hydrogen-bond acceptors (Lipinski definition) is 4. The molecule has 0 spiro atoms. The third kappa shape index (κ3) is 4.91. The molecule has 138 valence electrons. The highest BCUT2D eigenvalue weighted by molar-refractivity contribution is 6.31. The minimum Gasteiger partial charge on any atom is -0.378 e. The van der Waals surface area contributed by atoms with Crippen LogP contribution in [0, 0.1) is 5.82 Å². The summed E-state index contributed by atoms with van der Waals surface area (Å²) in [5.74, 6) is -0.374. The molecule has 2 aliphatic rings. The van der Waals surface area contributed by atoms with Gasteiger partial charge in [0.25, 0.3) is 0 Å². The lowest BCUT2D eigenvalue weighted by molar-refractivity contribution is -0.122. The smallest absolute Gasteiger partial charge is 0.221 e. The van der Waals surface area contributed by atoms with Crippen LogP contribution in [0.3, 0.4) is 0 Å². The fourth-order valence-electron chi connectivity index (χ4n) is 3.55. The molecule has 2 N–H and O–H groups in total. The first kappa shape index (κ1) is 18.6. The minimum absolute atomic E-state index is 0.0380. The van der Waals surface area contributed by atoms with Crippen LogP contribution in [0.4, 0.5) is 4.39 Å². The van der Waals surface area contributed by atoms with Gasteiger partial charge in [0, 0.05) is 36.1 Å². The topological polar surface area (TPSA) is 53.6 Å². The number of carbonyl (C=O) groups is 1. The van der Waals surface area contributed by atoms with E-state index in [0.717, 1.165) is 32.5 Å². The molecule has 3 rings (SSSR count). The van der Waals surface area contributed by atoms with E-state index >= 15 is 0 Å². The summed E-state index contributed by atoms with van der Waals surface area (Å²) < 4.78 is 19.8. The van der Waals surface area contributed by atoms with Crippen molar-refractivity contribution in [3.05, 3.63) is 34.6 Å². The van der Waals surface area contributed by atoms with Crippen LogP contribution in [0.2, 0.25) is 5.02 Å². The Kier molecular flexibility index (Phi) is 6.64. The van der Waals surface area contributed by atoms with Crippen molar-refractivity contribution in [1.82, 2.24) is 15.5 Å². The van der Waals surface area contributed by atoms with Gasteiger partial charge in [-0.15, -0.1) is 0 Å². The van der Waals surface area contributed by atoms with Crippen molar-refractivity contribution in [2.24, 2.45) is 0 Å². The van der Waals surface area contributed by atoms with E-state index in [2.05, 4.69) is 15.5 Å². The van der Waals surface area contributed by atoms with Gasteiger partial charge in [0.05, 0.1) is 19.3 Å². The molecule has 25 heavy (non-hydrogen) atoms. The van der Waals surface area contributed by atoms with E-state index in [4.69, 9.17) is 16.3 Å². The normalized spacial score (nSPS) is 22.7. The second-order valence-corrected chi connectivity index (χ2v) is 7.04. The number of benzene rings is 1. The minimum atomic E-state index is -0.319. The highest BCUT2D eigenvalue weighted by Crippen LogP contribution is 2.31.